The number of ether oxygens (including phenoxy) is 5. The lowest BCUT2D eigenvalue weighted by Crippen LogP contribution is -2.45. The third kappa shape index (κ3) is 6.32. The molecule has 1 saturated heterocycles. The van der Waals surface area contributed by atoms with E-state index in [4.69, 9.17) is 28.1 Å². The molecular weight excluding hydrogens is 457 g/mol. The summed E-state index contributed by atoms with van der Waals surface area (Å²) in [4.78, 5) is 16.6. The van der Waals surface area contributed by atoms with Crippen molar-refractivity contribution in [2.75, 3.05) is 40.3 Å². The highest BCUT2D eigenvalue weighted by molar-refractivity contribution is 5.92. The Balaban J connectivity index is 1.34. The van der Waals surface area contributed by atoms with Gasteiger partial charge in [-0.05, 0) is 42.3 Å². The van der Waals surface area contributed by atoms with Crippen molar-refractivity contribution in [1.82, 2.24) is 4.98 Å². The summed E-state index contributed by atoms with van der Waals surface area (Å²) in [7, 11) is 1.36. The number of nitrogens with zero attached hydrogens (tertiary/aromatic N) is 1. The Labute approximate surface area is 202 Å². The molecule has 0 amide bonds. The van der Waals surface area contributed by atoms with Crippen LogP contribution in [0.15, 0.2) is 53.1 Å². The zero-order chi connectivity index (χ0) is 24.7. The predicted molar refractivity (Wildman–Crippen MR) is 123 cm³/mol. The van der Waals surface area contributed by atoms with Crippen LogP contribution in [-0.2, 0) is 36.9 Å². The number of rotatable bonds is 10. The highest BCUT2D eigenvalue weighted by atomic mass is 19.1. The average Bonchev–Trinajstić information content (AvgIpc) is 3.34. The van der Waals surface area contributed by atoms with Gasteiger partial charge in [-0.15, -0.1) is 0 Å². The van der Waals surface area contributed by atoms with Crippen molar-refractivity contribution in [1.29, 1.82) is 0 Å². The Morgan fingerprint density at radius 3 is 2.49 bits per heavy atom. The van der Waals surface area contributed by atoms with Crippen molar-refractivity contribution in [2.24, 2.45) is 5.41 Å². The molecule has 4 rings (SSSR count). The van der Waals surface area contributed by atoms with E-state index < -0.39 is 11.4 Å². The summed E-state index contributed by atoms with van der Waals surface area (Å²) in [5.41, 5.74) is 2.87. The molecule has 2 aromatic carbocycles. The second-order valence-electron chi connectivity index (χ2n) is 8.55. The molecule has 0 N–H and O–H groups in total. The van der Waals surface area contributed by atoms with Gasteiger partial charge in [-0.25, -0.2) is 14.2 Å². The van der Waals surface area contributed by atoms with Crippen LogP contribution < -0.4 is 0 Å². The van der Waals surface area contributed by atoms with Crippen LogP contribution in [0.4, 0.5) is 4.39 Å². The summed E-state index contributed by atoms with van der Waals surface area (Å²) in [6.07, 6.45) is 1.52. The number of oxazole rings is 1. The Hall–Kier alpha value is -3.11. The maximum absolute atomic E-state index is 13.1. The van der Waals surface area contributed by atoms with Gasteiger partial charge in [0.15, 0.2) is 0 Å². The molecule has 2 heterocycles. The Bertz CT molecular complexity index is 1120. The third-order valence-corrected chi connectivity index (χ3v) is 5.70. The topological polar surface area (TPSA) is 89.3 Å². The van der Waals surface area contributed by atoms with Gasteiger partial charge >= 0.3 is 5.97 Å². The molecule has 0 atom stereocenters. The van der Waals surface area contributed by atoms with Gasteiger partial charge in [-0.2, -0.15) is 0 Å². The lowest BCUT2D eigenvalue weighted by molar-refractivity contribution is -0.200. The van der Waals surface area contributed by atoms with E-state index in [9.17, 15) is 9.18 Å². The summed E-state index contributed by atoms with van der Waals surface area (Å²) in [6.45, 7) is 3.96. The zero-order valence-corrected chi connectivity index (χ0v) is 19.8. The molecule has 0 aliphatic carbocycles. The minimum absolute atomic E-state index is 0.219. The molecular formula is C26H28FNO7. The number of benzene rings is 2. The van der Waals surface area contributed by atoms with Gasteiger partial charge in [-0.3, -0.25) is 0 Å². The number of hydrogen-bond donors (Lipinski definition) is 0. The molecule has 9 heteroatoms. The first-order chi connectivity index (χ1) is 17.0. The first-order valence-electron chi connectivity index (χ1n) is 11.2. The van der Waals surface area contributed by atoms with Gasteiger partial charge in [0.2, 0.25) is 5.89 Å². The number of methoxy groups -OCH3 is 1. The van der Waals surface area contributed by atoms with E-state index in [0.29, 0.717) is 49.1 Å². The smallest absolute Gasteiger partial charge is 0.338 e. The monoisotopic (exact) mass is 485 g/mol. The van der Waals surface area contributed by atoms with Crippen LogP contribution in [0.3, 0.4) is 0 Å². The van der Waals surface area contributed by atoms with E-state index in [1.54, 1.807) is 12.1 Å². The van der Waals surface area contributed by atoms with E-state index in [1.165, 1.54) is 25.5 Å². The van der Waals surface area contributed by atoms with Gasteiger partial charge in [0.25, 0.3) is 0 Å². The van der Waals surface area contributed by atoms with Crippen molar-refractivity contribution in [3.8, 4) is 11.5 Å². The van der Waals surface area contributed by atoms with Gasteiger partial charge in [-0.1, -0.05) is 18.2 Å². The molecule has 0 saturated carbocycles. The highest BCUT2D eigenvalue weighted by Crippen LogP contribution is 2.26. The molecule has 1 aliphatic heterocycles. The fourth-order valence-corrected chi connectivity index (χ4v) is 3.92. The highest BCUT2D eigenvalue weighted by Gasteiger charge is 2.35. The zero-order valence-electron chi connectivity index (χ0n) is 19.8. The van der Waals surface area contributed by atoms with Crippen LogP contribution in [0.2, 0.25) is 0 Å². The maximum atomic E-state index is 13.1. The van der Waals surface area contributed by atoms with Gasteiger partial charge in [0, 0.05) is 5.56 Å². The van der Waals surface area contributed by atoms with Crippen LogP contribution in [0.1, 0.15) is 27.2 Å². The summed E-state index contributed by atoms with van der Waals surface area (Å²) < 4.78 is 46.6. The normalized spacial score (nSPS) is 15.2. The number of halogens is 1. The molecule has 1 fully saturated rings. The van der Waals surface area contributed by atoms with Gasteiger partial charge in [0.05, 0.1) is 57.7 Å². The van der Waals surface area contributed by atoms with Crippen LogP contribution in [0.5, 0.6) is 0 Å². The summed E-state index contributed by atoms with van der Waals surface area (Å²) in [5.74, 6) is -0.320. The van der Waals surface area contributed by atoms with E-state index in [0.717, 1.165) is 11.1 Å². The first-order valence-corrected chi connectivity index (χ1v) is 11.2. The largest absolute Gasteiger partial charge is 0.465 e. The minimum atomic E-state index is -0.517. The molecule has 0 bridgehead atoms. The van der Waals surface area contributed by atoms with Crippen molar-refractivity contribution >= 4 is 5.97 Å². The average molecular weight is 486 g/mol. The standard InChI is InChI=1S/C26H28FNO7/c1-18-4-3-5-20(23(18)25(29)30-2)10-31-13-26(15-33-17-34-16-26)14-32-11-22-12-35-24(28-22)19-6-8-21(27)9-7-19/h3-9,12H,10-11,13-17H2,1-2H3. The van der Waals surface area contributed by atoms with Gasteiger partial charge in [0.1, 0.15) is 24.6 Å². The molecule has 1 aliphatic rings. The van der Waals surface area contributed by atoms with Crippen molar-refractivity contribution < 1.29 is 37.3 Å². The van der Waals surface area contributed by atoms with E-state index in [1.807, 2.05) is 25.1 Å². The lowest BCUT2D eigenvalue weighted by atomic mass is 9.91. The number of hydrogen-bond acceptors (Lipinski definition) is 8. The van der Waals surface area contributed by atoms with Crippen LogP contribution in [0, 0.1) is 18.2 Å². The summed E-state index contributed by atoms with van der Waals surface area (Å²) in [6, 6.07) is 11.5. The number of aromatic nitrogens is 1. The maximum Gasteiger partial charge on any atom is 0.338 e. The molecule has 186 valence electrons. The number of carbonyl (C=O) groups is 1. The van der Waals surface area contributed by atoms with E-state index in [2.05, 4.69) is 4.98 Å². The van der Waals surface area contributed by atoms with Crippen LogP contribution in [-0.4, -0.2) is 51.3 Å². The number of aryl methyl sites for hydroxylation is 1. The van der Waals surface area contributed by atoms with E-state index in [-0.39, 0.29) is 25.8 Å². The molecule has 8 nitrogen and oxygen atoms in total. The summed E-state index contributed by atoms with van der Waals surface area (Å²) >= 11 is 0. The Kier molecular flexibility index (Phi) is 8.25. The van der Waals surface area contributed by atoms with Crippen LogP contribution >= 0.6 is 0 Å². The fraction of sp³-hybridized carbons (Fsp3) is 0.385. The number of carbonyl (C=O) groups excluding carboxylic acids is 1. The van der Waals surface area contributed by atoms with Crippen molar-refractivity contribution in [2.45, 2.75) is 20.1 Å². The number of esters is 1. The van der Waals surface area contributed by atoms with Crippen molar-refractivity contribution in [3.63, 3.8) is 0 Å². The Morgan fingerprint density at radius 1 is 1.06 bits per heavy atom. The molecule has 0 unspecified atom stereocenters. The SMILES string of the molecule is COC(=O)c1c(C)cccc1COCC1(COCc2coc(-c3ccc(F)cc3)n2)COCOC1. The lowest BCUT2D eigenvalue weighted by Gasteiger charge is -2.36. The molecule has 0 radical (unpaired) electrons. The molecule has 1 aromatic heterocycles. The van der Waals surface area contributed by atoms with Gasteiger partial charge < -0.3 is 28.1 Å². The van der Waals surface area contributed by atoms with E-state index >= 15 is 0 Å². The molecule has 35 heavy (non-hydrogen) atoms. The predicted octanol–water partition coefficient (Wildman–Crippen LogP) is 4.30. The third-order valence-electron chi connectivity index (χ3n) is 5.70. The quantitative estimate of drug-likeness (QED) is 0.393. The second kappa shape index (κ2) is 11.5. The minimum Gasteiger partial charge on any atom is -0.465 e. The van der Waals surface area contributed by atoms with Crippen molar-refractivity contribution in [3.05, 3.63) is 76.9 Å². The Morgan fingerprint density at radius 2 is 1.77 bits per heavy atom. The first kappa shape index (κ1) is 25.0. The summed E-state index contributed by atoms with van der Waals surface area (Å²) in [5, 5.41) is 0. The molecule has 0 spiro atoms. The second-order valence-corrected chi connectivity index (χ2v) is 8.55. The van der Waals surface area contributed by atoms with Crippen LogP contribution in [0.25, 0.3) is 11.5 Å². The molecule has 3 aromatic rings. The fourth-order valence-electron chi connectivity index (χ4n) is 3.92.